The molecule has 0 saturated carbocycles. The highest BCUT2D eigenvalue weighted by Gasteiger charge is 2.21. The molecule has 1 heteroatoms. The monoisotopic (exact) mass is 596 g/mol. The number of rotatable bonds is 3. The van der Waals surface area contributed by atoms with Gasteiger partial charge >= 0.3 is 0 Å². The van der Waals surface area contributed by atoms with E-state index in [4.69, 9.17) is 4.42 Å². The molecule has 0 atom stereocenters. The fourth-order valence-electron chi connectivity index (χ4n) is 7.82. The quantitative estimate of drug-likeness (QED) is 0.185. The van der Waals surface area contributed by atoms with E-state index < -0.39 is 0 Å². The molecule has 0 N–H and O–H groups in total. The maximum atomic E-state index is 6.37. The highest BCUT2D eigenvalue weighted by atomic mass is 16.3. The van der Waals surface area contributed by atoms with Crippen LogP contribution in [0.4, 0.5) is 0 Å². The molecule has 0 aliphatic carbocycles. The second kappa shape index (κ2) is 10.2. The van der Waals surface area contributed by atoms with Crippen LogP contribution >= 0.6 is 0 Å². The van der Waals surface area contributed by atoms with Crippen LogP contribution in [0.3, 0.4) is 0 Å². The molecule has 1 heterocycles. The van der Waals surface area contributed by atoms with Crippen LogP contribution in [0.5, 0.6) is 0 Å². The molecule has 10 aromatic rings. The lowest BCUT2D eigenvalue weighted by molar-refractivity contribution is 0.669. The lowest BCUT2D eigenvalue weighted by atomic mass is 9.82. The Morgan fingerprint density at radius 3 is 1.53 bits per heavy atom. The Kier molecular flexibility index (Phi) is 5.64. The summed E-state index contributed by atoms with van der Waals surface area (Å²) in [5.74, 6) is 0. The Hall–Kier alpha value is -6.18. The zero-order valence-electron chi connectivity index (χ0n) is 25.6. The fourth-order valence-corrected chi connectivity index (χ4v) is 7.82. The van der Waals surface area contributed by atoms with Gasteiger partial charge in [0, 0.05) is 10.8 Å². The molecule has 1 aromatic heterocycles. The second-order valence-corrected chi connectivity index (χ2v) is 12.4. The van der Waals surface area contributed by atoms with E-state index in [1.165, 1.54) is 70.9 Å². The van der Waals surface area contributed by atoms with Crippen molar-refractivity contribution in [1.82, 2.24) is 0 Å². The SMILES string of the molecule is c1ccc2c(-c3c(-c4c5ccccc5c(-c5ccc6c(c5)oc5ccccc56)c5ccccc45)ccc4ccccc34)cccc2c1. The molecule has 0 amide bonds. The topological polar surface area (TPSA) is 13.1 Å². The lowest BCUT2D eigenvalue weighted by Crippen LogP contribution is -1.94. The molecule has 0 spiro atoms. The minimum absolute atomic E-state index is 0.911. The van der Waals surface area contributed by atoms with E-state index in [9.17, 15) is 0 Å². The Labute approximate surface area is 271 Å². The molecular weight excluding hydrogens is 569 g/mol. The number of benzene rings is 9. The number of hydrogen-bond acceptors (Lipinski definition) is 1. The van der Waals surface area contributed by atoms with Crippen molar-refractivity contribution in [3.8, 4) is 33.4 Å². The van der Waals surface area contributed by atoms with Crippen LogP contribution in [-0.4, -0.2) is 0 Å². The summed E-state index contributed by atoms with van der Waals surface area (Å²) >= 11 is 0. The van der Waals surface area contributed by atoms with E-state index >= 15 is 0 Å². The smallest absolute Gasteiger partial charge is 0.136 e. The summed E-state index contributed by atoms with van der Waals surface area (Å²) in [6.07, 6.45) is 0. The van der Waals surface area contributed by atoms with Crippen LogP contribution in [-0.2, 0) is 0 Å². The van der Waals surface area contributed by atoms with E-state index in [1.807, 2.05) is 12.1 Å². The highest BCUT2D eigenvalue weighted by Crippen LogP contribution is 2.49. The molecule has 0 radical (unpaired) electrons. The van der Waals surface area contributed by atoms with Gasteiger partial charge in [0.1, 0.15) is 11.2 Å². The molecule has 0 aliphatic heterocycles. The Bertz CT molecular complexity index is 2790. The normalized spacial score (nSPS) is 11.8. The van der Waals surface area contributed by atoms with Gasteiger partial charge in [-0.15, -0.1) is 0 Å². The Morgan fingerprint density at radius 1 is 0.277 bits per heavy atom. The van der Waals surface area contributed by atoms with Gasteiger partial charge in [0.25, 0.3) is 0 Å². The average molecular weight is 597 g/mol. The van der Waals surface area contributed by atoms with E-state index in [-0.39, 0.29) is 0 Å². The summed E-state index contributed by atoms with van der Waals surface area (Å²) in [6, 6.07) is 61.6. The lowest BCUT2D eigenvalue weighted by Gasteiger charge is -2.21. The van der Waals surface area contributed by atoms with Gasteiger partial charge in [0.15, 0.2) is 0 Å². The number of furan rings is 1. The first-order valence-corrected chi connectivity index (χ1v) is 16.2. The van der Waals surface area contributed by atoms with Gasteiger partial charge in [-0.1, -0.05) is 152 Å². The third kappa shape index (κ3) is 3.90. The first-order chi connectivity index (χ1) is 23.3. The van der Waals surface area contributed by atoms with Gasteiger partial charge in [-0.25, -0.2) is 0 Å². The zero-order valence-corrected chi connectivity index (χ0v) is 25.6. The summed E-state index contributed by atoms with van der Waals surface area (Å²) in [5, 5.41) is 12.2. The molecule has 0 unspecified atom stereocenters. The number of para-hydroxylation sites is 1. The standard InChI is InChI=1S/C46H28O/c1-3-15-32-29(12-1)14-11-22-36(32)45-33-16-4-2-13-30(33)24-27-41(45)46-39-20-7-5-18-37(39)44(38-19-6-8-21-40(38)46)31-25-26-35-34-17-9-10-23-42(34)47-43(35)28-31/h1-28H. The number of fused-ring (bicyclic) bond motifs is 7. The van der Waals surface area contributed by atoms with Crippen molar-refractivity contribution in [2.24, 2.45) is 0 Å². The van der Waals surface area contributed by atoms with Crippen LogP contribution in [0, 0.1) is 0 Å². The van der Waals surface area contributed by atoms with Crippen LogP contribution in [0.15, 0.2) is 174 Å². The largest absolute Gasteiger partial charge is 0.456 e. The third-order valence-electron chi connectivity index (χ3n) is 9.86. The predicted molar refractivity (Wildman–Crippen MR) is 200 cm³/mol. The summed E-state index contributed by atoms with van der Waals surface area (Å²) in [7, 11) is 0. The van der Waals surface area contributed by atoms with Crippen molar-refractivity contribution in [3.63, 3.8) is 0 Å². The zero-order chi connectivity index (χ0) is 30.9. The van der Waals surface area contributed by atoms with Crippen LogP contribution in [0.1, 0.15) is 0 Å². The van der Waals surface area contributed by atoms with Crippen molar-refractivity contribution in [3.05, 3.63) is 170 Å². The minimum Gasteiger partial charge on any atom is -0.456 e. The first kappa shape index (κ1) is 26.1. The van der Waals surface area contributed by atoms with E-state index in [1.54, 1.807) is 0 Å². The molecule has 1 nitrogen and oxygen atoms in total. The third-order valence-corrected chi connectivity index (χ3v) is 9.86. The maximum absolute atomic E-state index is 6.37. The van der Waals surface area contributed by atoms with Gasteiger partial charge < -0.3 is 4.42 Å². The molecule has 10 rings (SSSR count). The predicted octanol–water partition coefficient (Wildman–Crippen LogP) is 13.2. The van der Waals surface area contributed by atoms with Crippen molar-refractivity contribution < 1.29 is 4.42 Å². The molecule has 218 valence electrons. The molecule has 0 bridgehead atoms. The van der Waals surface area contributed by atoms with Crippen molar-refractivity contribution in [1.29, 1.82) is 0 Å². The van der Waals surface area contributed by atoms with Gasteiger partial charge in [-0.3, -0.25) is 0 Å². The fraction of sp³-hybridized carbons (Fsp3) is 0. The van der Waals surface area contributed by atoms with Crippen molar-refractivity contribution in [2.45, 2.75) is 0 Å². The molecule has 0 saturated heterocycles. The van der Waals surface area contributed by atoms with Crippen molar-refractivity contribution in [2.75, 3.05) is 0 Å². The highest BCUT2D eigenvalue weighted by molar-refractivity contribution is 6.25. The van der Waals surface area contributed by atoms with Gasteiger partial charge in [-0.05, 0) is 94.7 Å². The molecule has 0 aliphatic rings. The van der Waals surface area contributed by atoms with Crippen LogP contribution in [0.25, 0.3) is 98.4 Å². The average Bonchev–Trinajstić information content (AvgIpc) is 3.51. The molecular formula is C46H28O. The van der Waals surface area contributed by atoms with Gasteiger partial charge in [-0.2, -0.15) is 0 Å². The molecule has 0 fully saturated rings. The van der Waals surface area contributed by atoms with Gasteiger partial charge in [0.05, 0.1) is 0 Å². The minimum atomic E-state index is 0.911. The van der Waals surface area contributed by atoms with Crippen LogP contribution in [0.2, 0.25) is 0 Å². The van der Waals surface area contributed by atoms with Crippen LogP contribution < -0.4 is 0 Å². The first-order valence-electron chi connectivity index (χ1n) is 16.2. The van der Waals surface area contributed by atoms with Gasteiger partial charge in [0.2, 0.25) is 0 Å². The second-order valence-electron chi connectivity index (χ2n) is 12.4. The Morgan fingerprint density at radius 2 is 0.809 bits per heavy atom. The number of hydrogen-bond donors (Lipinski definition) is 0. The van der Waals surface area contributed by atoms with E-state index in [0.29, 0.717) is 0 Å². The summed E-state index contributed by atoms with van der Waals surface area (Å²) in [4.78, 5) is 0. The summed E-state index contributed by atoms with van der Waals surface area (Å²) < 4.78 is 6.37. The molecule has 47 heavy (non-hydrogen) atoms. The summed E-state index contributed by atoms with van der Waals surface area (Å²) in [5.41, 5.74) is 9.24. The maximum Gasteiger partial charge on any atom is 0.136 e. The molecule has 9 aromatic carbocycles. The van der Waals surface area contributed by atoms with Crippen molar-refractivity contribution >= 4 is 65.0 Å². The van der Waals surface area contributed by atoms with E-state index in [0.717, 1.165) is 27.5 Å². The summed E-state index contributed by atoms with van der Waals surface area (Å²) in [6.45, 7) is 0. The van der Waals surface area contributed by atoms with E-state index in [2.05, 4.69) is 158 Å². The Balaban J connectivity index is 1.33.